The number of amides is 2. The van der Waals surface area contributed by atoms with E-state index in [2.05, 4.69) is 9.80 Å². The first-order valence-electron chi connectivity index (χ1n) is 12.3. The van der Waals surface area contributed by atoms with Crippen molar-refractivity contribution in [2.45, 2.75) is 19.4 Å². The zero-order valence-corrected chi connectivity index (χ0v) is 21.3. The number of carbonyl (C=O) groups is 4. The quantitative estimate of drug-likeness (QED) is 0.269. The fourth-order valence-corrected chi connectivity index (χ4v) is 5.48. The molecule has 0 spiro atoms. The van der Waals surface area contributed by atoms with Crippen LogP contribution < -0.4 is 9.80 Å². The van der Waals surface area contributed by atoms with Gasteiger partial charge in [0.15, 0.2) is 0 Å². The lowest BCUT2D eigenvalue weighted by molar-refractivity contribution is -0.123. The van der Waals surface area contributed by atoms with E-state index in [1.165, 1.54) is 16.2 Å². The second-order valence-corrected chi connectivity index (χ2v) is 9.88. The maximum absolute atomic E-state index is 13.2. The minimum Gasteiger partial charge on any atom is -0.462 e. The van der Waals surface area contributed by atoms with Gasteiger partial charge in [-0.3, -0.25) is 19.3 Å². The van der Waals surface area contributed by atoms with Crippen LogP contribution in [0, 0.1) is 0 Å². The number of anilines is 2. The molecule has 3 aromatic rings. The lowest BCUT2D eigenvalue weighted by Gasteiger charge is -2.38. The van der Waals surface area contributed by atoms with E-state index in [4.69, 9.17) is 4.74 Å². The number of rotatable bonds is 7. The zero-order valence-electron chi connectivity index (χ0n) is 20.5. The highest BCUT2D eigenvalue weighted by Crippen LogP contribution is 2.28. The van der Waals surface area contributed by atoms with E-state index < -0.39 is 12.0 Å². The van der Waals surface area contributed by atoms with Crippen LogP contribution in [-0.2, 0) is 14.3 Å². The minimum absolute atomic E-state index is 0.0240. The first kappa shape index (κ1) is 24.9. The maximum atomic E-state index is 13.2. The first-order valence-corrected chi connectivity index (χ1v) is 13.2. The lowest BCUT2D eigenvalue weighted by Crippen LogP contribution is -2.52. The van der Waals surface area contributed by atoms with Crippen molar-refractivity contribution in [1.82, 2.24) is 4.90 Å². The smallest absolute Gasteiger partial charge is 0.338 e. The molecule has 0 saturated carbocycles. The second-order valence-electron chi connectivity index (χ2n) is 8.93. The Morgan fingerprint density at radius 1 is 0.892 bits per heavy atom. The molecule has 0 radical (unpaired) electrons. The van der Waals surface area contributed by atoms with E-state index >= 15 is 0 Å². The topological polar surface area (TPSA) is 87.2 Å². The standard InChI is InChI=1S/C28H27N3O5S/c1-2-36-28(35)20-7-11-22(12-8-20)31-25(32)18-23(27(31)34)30-15-13-29(14-16-30)21-9-5-19(6-10-21)26(33)24-4-3-17-37-24/h3-12,17,23H,2,13-16,18H2,1H3/t23-/m1/s1. The summed E-state index contributed by atoms with van der Waals surface area (Å²) in [5.41, 5.74) is 2.53. The van der Waals surface area contributed by atoms with Crippen molar-refractivity contribution in [2.75, 3.05) is 42.6 Å². The second kappa shape index (κ2) is 10.7. The molecule has 190 valence electrons. The van der Waals surface area contributed by atoms with Crippen LogP contribution in [0.2, 0.25) is 0 Å². The van der Waals surface area contributed by atoms with Gasteiger partial charge in [0.1, 0.15) is 0 Å². The Hall–Kier alpha value is -3.82. The molecule has 1 atom stereocenters. The van der Waals surface area contributed by atoms with Gasteiger partial charge in [0.2, 0.25) is 11.7 Å². The molecule has 8 nitrogen and oxygen atoms in total. The van der Waals surface area contributed by atoms with Crippen molar-refractivity contribution in [3.8, 4) is 0 Å². The number of ketones is 1. The van der Waals surface area contributed by atoms with Gasteiger partial charge in [-0.1, -0.05) is 6.07 Å². The highest BCUT2D eigenvalue weighted by atomic mass is 32.1. The summed E-state index contributed by atoms with van der Waals surface area (Å²) in [6.45, 7) is 4.73. The number of esters is 1. The Kier molecular flexibility index (Phi) is 7.16. The Morgan fingerprint density at radius 2 is 1.54 bits per heavy atom. The molecule has 2 amide bonds. The third-order valence-corrected chi connectivity index (χ3v) is 7.62. The summed E-state index contributed by atoms with van der Waals surface area (Å²) >= 11 is 1.43. The van der Waals surface area contributed by atoms with Crippen LogP contribution in [0.25, 0.3) is 0 Å². The number of carbonyl (C=O) groups excluding carboxylic acids is 4. The Morgan fingerprint density at radius 3 is 2.16 bits per heavy atom. The van der Waals surface area contributed by atoms with Crippen molar-refractivity contribution < 1.29 is 23.9 Å². The van der Waals surface area contributed by atoms with Gasteiger partial charge >= 0.3 is 5.97 Å². The number of imide groups is 1. The van der Waals surface area contributed by atoms with Gasteiger partial charge in [-0.25, -0.2) is 9.69 Å². The number of hydrogen-bond acceptors (Lipinski definition) is 8. The molecule has 0 unspecified atom stereocenters. The van der Waals surface area contributed by atoms with Crippen molar-refractivity contribution in [2.24, 2.45) is 0 Å². The molecule has 9 heteroatoms. The fraction of sp³-hybridized carbons (Fsp3) is 0.286. The largest absolute Gasteiger partial charge is 0.462 e. The zero-order chi connectivity index (χ0) is 25.9. The molecule has 1 aromatic heterocycles. The average Bonchev–Trinajstić information content (AvgIpc) is 3.57. The molecule has 0 N–H and O–H groups in total. The van der Waals surface area contributed by atoms with Crippen LogP contribution in [0.15, 0.2) is 66.0 Å². The summed E-state index contributed by atoms with van der Waals surface area (Å²) in [6, 6.07) is 17.2. The van der Waals surface area contributed by atoms with Gasteiger partial charge in [0.25, 0.3) is 5.91 Å². The fourth-order valence-electron chi connectivity index (χ4n) is 4.80. The molecule has 0 aliphatic carbocycles. The lowest BCUT2D eigenvalue weighted by atomic mass is 10.1. The number of piperazine rings is 1. The number of thiophene rings is 1. The van der Waals surface area contributed by atoms with Gasteiger partial charge in [-0.05, 0) is 66.9 Å². The van der Waals surface area contributed by atoms with E-state index in [9.17, 15) is 19.2 Å². The first-order chi connectivity index (χ1) is 18.0. The van der Waals surface area contributed by atoms with E-state index in [1.54, 1.807) is 31.2 Å². The molecular weight excluding hydrogens is 490 g/mol. The van der Waals surface area contributed by atoms with Gasteiger partial charge < -0.3 is 9.64 Å². The van der Waals surface area contributed by atoms with Crippen molar-refractivity contribution >= 4 is 46.3 Å². The number of nitrogens with zero attached hydrogens (tertiary/aromatic N) is 3. The van der Waals surface area contributed by atoms with Crippen molar-refractivity contribution in [3.05, 3.63) is 82.0 Å². The number of benzene rings is 2. The number of ether oxygens (including phenoxy) is 1. The van der Waals surface area contributed by atoms with Gasteiger partial charge in [0, 0.05) is 37.4 Å². The Labute approximate surface area is 219 Å². The summed E-state index contributed by atoms with van der Waals surface area (Å²) in [6.07, 6.45) is 0.137. The highest BCUT2D eigenvalue weighted by molar-refractivity contribution is 7.12. The summed E-state index contributed by atoms with van der Waals surface area (Å²) in [5, 5.41) is 1.89. The minimum atomic E-state index is -0.495. The molecule has 2 aliphatic rings. The Bertz CT molecular complexity index is 1300. The van der Waals surface area contributed by atoms with Crippen LogP contribution in [0.4, 0.5) is 11.4 Å². The monoisotopic (exact) mass is 517 g/mol. The average molecular weight is 518 g/mol. The normalized spacial score (nSPS) is 18.4. The summed E-state index contributed by atoms with van der Waals surface area (Å²) in [4.78, 5) is 56.7. The van der Waals surface area contributed by atoms with Crippen LogP contribution in [-0.4, -0.2) is 67.3 Å². The SMILES string of the molecule is CCOC(=O)c1ccc(N2C(=O)C[C@@H](N3CCN(c4ccc(C(=O)c5cccs5)cc4)CC3)C2=O)cc1. The van der Waals surface area contributed by atoms with E-state index in [0.717, 1.165) is 10.6 Å². The van der Waals surface area contributed by atoms with Crippen molar-refractivity contribution in [3.63, 3.8) is 0 Å². The van der Waals surface area contributed by atoms with E-state index in [-0.39, 0.29) is 30.6 Å². The number of hydrogen-bond donors (Lipinski definition) is 0. The molecule has 37 heavy (non-hydrogen) atoms. The van der Waals surface area contributed by atoms with Crippen molar-refractivity contribution in [1.29, 1.82) is 0 Å². The predicted octanol–water partition coefficient (Wildman–Crippen LogP) is 3.61. The third kappa shape index (κ3) is 5.05. The Balaban J connectivity index is 1.19. The molecule has 2 saturated heterocycles. The summed E-state index contributed by atoms with van der Waals surface area (Å²) in [5.74, 6) is -0.894. The third-order valence-electron chi connectivity index (χ3n) is 6.75. The van der Waals surface area contributed by atoms with Crippen LogP contribution in [0.5, 0.6) is 0 Å². The molecule has 5 rings (SSSR count). The predicted molar refractivity (Wildman–Crippen MR) is 141 cm³/mol. The highest BCUT2D eigenvalue weighted by Gasteiger charge is 2.43. The van der Waals surface area contributed by atoms with Crippen LogP contribution >= 0.6 is 11.3 Å². The molecule has 3 heterocycles. The van der Waals surface area contributed by atoms with Gasteiger partial charge in [-0.2, -0.15) is 0 Å². The molecule has 2 aromatic carbocycles. The summed E-state index contributed by atoms with van der Waals surface area (Å²) in [7, 11) is 0. The maximum Gasteiger partial charge on any atom is 0.338 e. The molecule has 2 aliphatic heterocycles. The van der Waals surface area contributed by atoms with E-state index in [1.807, 2.05) is 41.8 Å². The molecule has 2 fully saturated rings. The molecule has 0 bridgehead atoms. The summed E-state index contributed by atoms with van der Waals surface area (Å²) < 4.78 is 4.99. The van der Waals surface area contributed by atoms with Crippen LogP contribution in [0.3, 0.4) is 0 Å². The van der Waals surface area contributed by atoms with E-state index in [0.29, 0.717) is 43.0 Å². The van der Waals surface area contributed by atoms with Gasteiger partial charge in [0.05, 0.1) is 35.2 Å². The van der Waals surface area contributed by atoms with Gasteiger partial charge in [-0.15, -0.1) is 11.3 Å². The molecular formula is C28H27N3O5S. The van der Waals surface area contributed by atoms with Crippen LogP contribution in [0.1, 0.15) is 38.9 Å².